The van der Waals surface area contributed by atoms with E-state index in [0.717, 1.165) is 23.1 Å². The average Bonchev–Trinajstić information content (AvgIpc) is 3.58. The Morgan fingerprint density at radius 2 is 1.67 bits per heavy atom. The summed E-state index contributed by atoms with van der Waals surface area (Å²) < 4.78 is 17.9. The van der Waals surface area contributed by atoms with Gasteiger partial charge in [0.2, 0.25) is 5.69 Å². The minimum absolute atomic E-state index is 0.0946. The lowest BCUT2D eigenvalue weighted by Crippen LogP contribution is -2.22. The zero-order chi connectivity index (χ0) is 23.4. The molecule has 0 atom stereocenters. The standard InChI is InChI=1S/C25H31N3O4Si/c1-30-25(29)23-24(26-27-28(23)17-31-15-16-33(2,3)4)32-22-13-11-21(12-14-22)20-9-7-19(8-10-20)18-5-6-18/h7-14,18H,5-6,15-17H2,1-4H3. The molecule has 2 aromatic carbocycles. The van der Waals surface area contributed by atoms with E-state index in [0.29, 0.717) is 12.4 Å². The fourth-order valence-corrected chi connectivity index (χ4v) is 4.22. The molecule has 1 fully saturated rings. The third-order valence-corrected chi connectivity index (χ3v) is 7.36. The van der Waals surface area contributed by atoms with Crippen molar-refractivity contribution in [2.45, 2.75) is 51.2 Å². The van der Waals surface area contributed by atoms with Crippen LogP contribution in [0.2, 0.25) is 25.7 Å². The van der Waals surface area contributed by atoms with Crippen molar-refractivity contribution in [3.8, 4) is 22.8 Å². The first-order chi connectivity index (χ1) is 15.8. The van der Waals surface area contributed by atoms with Crippen LogP contribution in [0.15, 0.2) is 48.5 Å². The predicted molar refractivity (Wildman–Crippen MR) is 129 cm³/mol. The normalized spacial score (nSPS) is 13.7. The molecule has 0 amide bonds. The number of methoxy groups -OCH3 is 1. The van der Waals surface area contributed by atoms with E-state index < -0.39 is 14.0 Å². The fourth-order valence-electron chi connectivity index (χ4n) is 3.47. The van der Waals surface area contributed by atoms with Crippen molar-refractivity contribution < 1.29 is 19.0 Å². The van der Waals surface area contributed by atoms with E-state index in [1.165, 1.54) is 30.2 Å². The summed E-state index contributed by atoms with van der Waals surface area (Å²) in [5.74, 6) is 0.830. The first-order valence-electron chi connectivity index (χ1n) is 11.3. The van der Waals surface area contributed by atoms with Gasteiger partial charge in [-0.3, -0.25) is 0 Å². The van der Waals surface area contributed by atoms with Crippen LogP contribution in [0.5, 0.6) is 11.6 Å². The lowest BCUT2D eigenvalue weighted by atomic mass is 10.0. The minimum atomic E-state index is -1.20. The molecule has 33 heavy (non-hydrogen) atoms. The highest BCUT2D eigenvalue weighted by atomic mass is 28.3. The van der Waals surface area contributed by atoms with E-state index in [1.54, 1.807) is 0 Å². The monoisotopic (exact) mass is 465 g/mol. The van der Waals surface area contributed by atoms with Crippen molar-refractivity contribution in [1.82, 2.24) is 15.0 Å². The summed E-state index contributed by atoms with van der Waals surface area (Å²) in [7, 11) is 0.114. The molecule has 0 radical (unpaired) electrons. The summed E-state index contributed by atoms with van der Waals surface area (Å²) in [6.07, 6.45) is 2.60. The molecule has 1 aromatic heterocycles. The van der Waals surface area contributed by atoms with E-state index in [2.05, 4.69) is 54.2 Å². The second-order valence-corrected chi connectivity index (χ2v) is 15.2. The number of carbonyl (C=O) groups excluding carboxylic acids is 1. The highest BCUT2D eigenvalue weighted by Crippen LogP contribution is 2.40. The second kappa shape index (κ2) is 9.89. The van der Waals surface area contributed by atoms with E-state index in [4.69, 9.17) is 14.2 Å². The number of aromatic nitrogens is 3. The molecule has 4 rings (SSSR count). The van der Waals surface area contributed by atoms with E-state index in [9.17, 15) is 4.79 Å². The van der Waals surface area contributed by atoms with Crippen molar-refractivity contribution >= 4 is 14.0 Å². The smallest absolute Gasteiger partial charge is 0.362 e. The number of hydrogen-bond acceptors (Lipinski definition) is 6. The number of benzene rings is 2. The molecule has 1 saturated carbocycles. The quantitative estimate of drug-likeness (QED) is 0.217. The van der Waals surface area contributed by atoms with Crippen LogP contribution in [-0.2, 0) is 16.2 Å². The SMILES string of the molecule is COC(=O)c1c(Oc2ccc(-c3ccc(C4CC4)cc3)cc2)nnn1COCC[Si](C)(C)C. The van der Waals surface area contributed by atoms with Crippen molar-refractivity contribution in [3.63, 3.8) is 0 Å². The van der Waals surface area contributed by atoms with Gasteiger partial charge in [0, 0.05) is 14.7 Å². The molecular weight excluding hydrogens is 434 g/mol. The molecule has 1 aliphatic rings. The molecule has 8 heteroatoms. The Labute approximate surface area is 195 Å². The first kappa shape index (κ1) is 23.2. The van der Waals surface area contributed by atoms with E-state index >= 15 is 0 Å². The van der Waals surface area contributed by atoms with Gasteiger partial charge in [-0.1, -0.05) is 66.4 Å². The van der Waals surface area contributed by atoms with Gasteiger partial charge >= 0.3 is 5.97 Å². The number of nitrogens with zero attached hydrogens (tertiary/aromatic N) is 3. The van der Waals surface area contributed by atoms with Crippen LogP contribution < -0.4 is 4.74 Å². The van der Waals surface area contributed by atoms with Crippen LogP contribution in [0.4, 0.5) is 0 Å². The predicted octanol–water partition coefficient (Wildman–Crippen LogP) is 5.71. The van der Waals surface area contributed by atoms with Gasteiger partial charge < -0.3 is 14.2 Å². The van der Waals surface area contributed by atoms with Crippen molar-refractivity contribution in [3.05, 3.63) is 59.8 Å². The molecule has 1 aliphatic carbocycles. The van der Waals surface area contributed by atoms with Gasteiger partial charge in [0.05, 0.1) is 7.11 Å². The van der Waals surface area contributed by atoms with Crippen molar-refractivity contribution in [1.29, 1.82) is 0 Å². The maximum Gasteiger partial charge on any atom is 0.362 e. The lowest BCUT2D eigenvalue weighted by molar-refractivity contribution is 0.0512. The Morgan fingerprint density at radius 1 is 1.03 bits per heavy atom. The molecule has 1 heterocycles. The zero-order valence-electron chi connectivity index (χ0n) is 19.7. The third-order valence-electron chi connectivity index (χ3n) is 5.65. The van der Waals surface area contributed by atoms with Crippen molar-refractivity contribution in [2.75, 3.05) is 13.7 Å². The van der Waals surface area contributed by atoms with Gasteiger partial charge in [0.1, 0.15) is 12.5 Å². The number of ether oxygens (including phenoxy) is 3. The Morgan fingerprint density at radius 3 is 2.24 bits per heavy atom. The number of carbonyl (C=O) groups is 1. The third kappa shape index (κ3) is 6.09. The van der Waals surface area contributed by atoms with Gasteiger partial charge in [-0.15, -0.1) is 0 Å². The lowest BCUT2D eigenvalue weighted by Gasteiger charge is -2.15. The molecule has 0 N–H and O–H groups in total. The number of rotatable bonds is 10. The Balaban J connectivity index is 1.44. The van der Waals surface area contributed by atoms with Crippen LogP contribution >= 0.6 is 0 Å². The summed E-state index contributed by atoms with van der Waals surface area (Å²) in [5, 5.41) is 8.07. The van der Waals surface area contributed by atoms with E-state index in [1.807, 2.05) is 24.3 Å². The second-order valence-electron chi connectivity index (χ2n) is 9.61. The van der Waals surface area contributed by atoms with Gasteiger partial charge in [-0.2, -0.15) is 0 Å². The van der Waals surface area contributed by atoms with Gasteiger partial charge in [0.15, 0.2) is 0 Å². The summed E-state index contributed by atoms with van der Waals surface area (Å²) in [4.78, 5) is 12.4. The summed E-state index contributed by atoms with van der Waals surface area (Å²) in [6.45, 7) is 7.57. The molecule has 0 spiro atoms. The molecule has 0 bridgehead atoms. The Kier molecular flexibility index (Phi) is 6.95. The summed E-state index contributed by atoms with van der Waals surface area (Å²) >= 11 is 0. The van der Waals surface area contributed by atoms with Gasteiger partial charge in [0.25, 0.3) is 5.88 Å². The van der Waals surface area contributed by atoms with Crippen LogP contribution in [-0.4, -0.2) is 42.8 Å². The summed E-state index contributed by atoms with van der Waals surface area (Å²) in [6, 6.07) is 17.5. The number of esters is 1. The zero-order valence-corrected chi connectivity index (χ0v) is 20.7. The van der Waals surface area contributed by atoms with Crippen LogP contribution in [0.25, 0.3) is 11.1 Å². The molecule has 0 unspecified atom stereocenters. The highest BCUT2D eigenvalue weighted by Gasteiger charge is 2.24. The molecular formula is C25H31N3O4Si. The molecule has 0 saturated heterocycles. The number of hydrogen-bond donors (Lipinski definition) is 0. The van der Waals surface area contributed by atoms with Crippen LogP contribution in [0.3, 0.4) is 0 Å². The van der Waals surface area contributed by atoms with Crippen LogP contribution in [0, 0.1) is 0 Å². The Bertz CT molecular complexity index is 1080. The maximum atomic E-state index is 12.4. The first-order valence-corrected chi connectivity index (χ1v) is 15.0. The van der Waals surface area contributed by atoms with Crippen LogP contribution in [0.1, 0.15) is 34.8 Å². The maximum absolute atomic E-state index is 12.4. The topological polar surface area (TPSA) is 75.5 Å². The van der Waals surface area contributed by atoms with Crippen molar-refractivity contribution in [2.24, 2.45) is 0 Å². The highest BCUT2D eigenvalue weighted by molar-refractivity contribution is 6.76. The Hall–Kier alpha value is -2.97. The van der Waals surface area contributed by atoms with Gasteiger partial charge in [-0.25, -0.2) is 9.48 Å². The molecule has 3 aromatic rings. The fraction of sp³-hybridized carbons (Fsp3) is 0.400. The molecule has 0 aliphatic heterocycles. The molecule has 174 valence electrons. The largest absolute Gasteiger partial charge is 0.464 e. The average molecular weight is 466 g/mol. The van der Waals surface area contributed by atoms with E-state index in [-0.39, 0.29) is 18.3 Å². The summed E-state index contributed by atoms with van der Waals surface area (Å²) in [5.41, 5.74) is 3.80. The van der Waals surface area contributed by atoms with Gasteiger partial charge in [-0.05, 0) is 53.6 Å². The molecule has 7 nitrogen and oxygen atoms in total. The minimum Gasteiger partial charge on any atom is -0.464 e.